The summed E-state index contributed by atoms with van der Waals surface area (Å²) in [5.41, 5.74) is 8.55. The molecule has 3 unspecified atom stereocenters. The number of Topliss-reactive ketones (excluding diaryl/α,β-unsaturated/α-hetero) is 1. The second kappa shape index (κ2) is 16.3. The van der Waals surface area contributed by atoms with Crippen LogP contribution in [-0.2, 0) is 14.0 Å². The van der Waals surface area contributed by atoms with Gasteiger partial charge < -0.3 is 15.3 Å². The molecular formula is C33H57N3O5SSi. The van der Waals surface area contributed by atoms with Gasteiger partial charge in [-0.15, -0.1) is 11.3 Å². The van der Waals surface area contributed by atoms with E-state index in [0.29, 0.717) is 0 Å². The van der Waals surface area contributed by atoms with E-state index in [1.807, 2.05) is 26.2 Å². The van der Waals surface area contributed by atoms with Crippen LogP contribution in [0, 0.1) is 29.1 Å². The molecule has 0 radical (unpaired) electrons. The predicted octanol–water partition coefficient (Wildman–Crippen LogP) is 8.56. The number of rotatable bonds is 18. The first-order chi connectivity index (χ1) is 19.6. The Morgan fingerprint density at radius 2 is 1.79 bits per heavy atom. The summed E-state index contributed by atoms with van der Waals surface area (Å²) in [5.74, 6) is -1.78. The molecule has 0 aliphatic rings. The minimum atomic E-state index is -2.25. The summed E-state index contributed by atoms with van der Waals surface area (Å²) in [6, 6.07) is -1.22. The minimum Gasteiger partial charge on any atom is -0.481 e. The Balaban J connectivity index is 3.01. The summed E-state index contributed by atoms with van der Waals surface area (Å²) < 4.78 is 6.90. The van der Waals surface area contributed by atoms with Crippen molar-refractivity contribution in [3.63, 3.8) is 0 Å². The summed E-state index contributed by atoms with van der Waals surface area (Å²) in [4.78, 5) is 41.3. The number of carbonyl (C=O) groups excluding carboxylic acids is 1. The van der Waals surface area contributed by atoms with Gasteiger partial charge in [-0.1, -0.05) is 70.9 Å². The number of thiazole rings is 1. The highest BCUT2D eigenvalue weighted by Gasteiger charge is 2.47. The van der Waals surface area contributed by atoms with Gasteiger partial charge in [-0.05, 0) is 76.6 Å². The van der Waals surface area contributed by atoms with Gasteiger partial charge in [-0.3, -0.25) is 9.59 Å². The van der Waals surface area contributed by atoms with E-state index in [1.54, 1.807) is 25.2 Å². The minimum absolute atomic E-state index is 0.0531. The van der Waals surface area contributed by atoms with Gasteiger partial charge in [0.15, 0.2) is 8.32 Å². The lowest BCUT2D eigenvalue weighted by molar-refractivity contribution is -0.140. The van der Waals surface area contributed by atoms with Gasteiger partial charge in [0, 0.05) is 17.3 Å². The lowest BCUT2D eigenvalue weighted by atomic mass is 9.72. The van der Waals surface area contributed by atoms with Gasteiger partial charge in [0.1, 0.15) is 11.8 Å². The first-order valence-electron chi connectivity index (χ1n) is 15.4. The number of aromatic nitrogens is 1. The lowest BCUT2D eigenvalue weighted by Crippen LogP contribution is -2.51. The second-order valence-electron chi connectivity index (χ2n) is 14.4. The Labute approximate surface area is 265 Å². The topological polar surface area (TPSA) is 132 Å². The molecule has 1 aromatic heterocycles. The molecule has 244 valence electrons. The molecule has 0 aliphatic carbocycles. The summed E-state index contributed by atoms with van der Waals surface area (Å²) >= 11 is 1.63. The number of aliphatic carboxylic acids is 1. The number of nitrogens with two attached hydrogens (primary N) is 1. The Bertz CT molecular complexity index is 1150. The van der Waals surface area contributed by atoms with Gasteiger partial charge in [-0.2, -0.15) is 4.91 Å². The molecule has 3 N–H and O–H groups in total. The number of ketones is 1. The van der Waals surface area contributed by atoms with Crippen molar-refractivity contribution in [1.29, 1.82) is 0 Å². The van der Waals surface area contributed by atoms with E-state index in [1.165, 1.54) is 5.57 Å². The molecule has 1 aromatic rings. The average Bonchev–Trinajstić information content (AvgIpc) is 3.31. The Morgan fingerprint density at radius 1 is 1.19 bits per heavy atom. The zero-order valence-corrected chi connectivity index (χ0v) is 30.4. The molecule has 0 spiro atoms. The van der Waals surface area contributed by atoms with Gasteiger partial charge in [-0.25, -0.2) is 4.98 Å². The maximum Gasteiger partial charge on any atom is 0.305 e. The summed E-state index contributed by atoms with van der Waals surface area (Å²) in [6.45, 7) is 24.3. The zero-order valence-electron chi connectivity index (χ0n) is 28.6. The molecule has 43 heavy (non-hydrogen) atoms. The Kier molecular flexibility index (Phi) is 14.8. The monoisotopic (exact) mass is 635 g/mol. The first-order valence-corrected chi connectivity index (χ1v) is 19.2. The summed E-state index contributed by atoms with van der Waals surface area (Å²) in [7, 11) is -2.25. The van der Waals surface area contributed by atoms with Crippen LogP contribution in [0.2, 0.25) is 18.1 Å². The SMILES string of the molecule is C/C(=C/C[C@H](N)/C(C)=C/c1csc(C)n1)CCCC(C)[C@H](O[Si](C)(C)C(C)(C)C)C(C)C(=O)C(C)(C)C(CC(=O)O)N=O. The van der Waals surface area contributed by atoms with Crippen LogP contribution < -0.4 is 5.73 Å². The third kappa shape index (κ3) is 11.8. The molecule has 8 nitrogen and oxygen atoms in total. The number of allylic oxidation sites excluding steroid dienone is 1. The number of hydrogen-bond acceptors (Lipinski definition) is 8. The van der Waals surface area contributed by atoms with E-state index >= 15 is 0 Å². The van der Waals surface area contributed by atoms with Crippen LogP contribution in [0.3, 0.4) is 0 Å². The highest BCUT2D eigenvalue weighted by molar-refractivity contribution is 7.09. The zero-order chi connectivity index (χ0) is 33.3. The number of carboxylic acids is 1. The maximum atomic E-state index is 13.8. The molecular weight excluding hydrogens is 579 g/mol. The van der Waals surface area contributed by atoms with Crippen molar-refractivity contribution in [3.05, 3.63) is 38.2 Å². The van der Waals surface area contributed by atoms with Crippen molar-refractivity contribution >= 4 is 37.5 Å². The molecule has 0 fully saturated rings. The van der Waals surface area contributed by atoms with Crippen molar-refractivity contribution in [1.82, 2.24) is 4.98 Å². The van der Waals surface area contributed by atoms with Crippen LogP contribution in [-0.4, -0.2) is 48.3 Å². The Morgan fingerprint density at radius 3 is 2.28 bits per heavy atom. The molecule has 0 saturated carbocycles. The average molecular weight is 636 g/mol. The quantitative estimate of drug-likeness (QED) is 0.0938. The van der Waals surface area contributed by atoms with Gasteiger partial charge in [0.05, 0.1) is 28.6 Å². The van der Waals surface area contributed by atoms with Crippen molar-refractivity contribution in [2.24, 2.45) is 28.2 Å². The molecule has 0 aliphatic heterocycles. The molecule has 10 heteroatoms. The smallest absolute Gasteiger partial charge is 0.305 e. The van der Waals surface area contributed by atoms with Crippen molar-refractivity contribution in [3.8, 4) is 0 Å². The fraction of sp³-hybridized carbons (Fsp3) is 0.727. The summed E-state index contributed by atoms with van der Waals surface area (Å²) in [6.07, 6.45) is 6.91. The van der Waals surface area contributed by atoms with E-state index in [4.69, 9.17) is 10.2 Å². The normalized spacial score (nSPS) is 17.2. The number of nitrogens with zero attached hydrogens (tertiary/aromatic N) is 2. The lowest BCUT2D eigenvalue weighted by Gasteiger charge is -2.44. The number of hydrogen-bond donors (Lipinski definition) is 2. The van der Waals surface area contributed by atoms with Crippen LogP contribution in [0.1, 0.15) is 105 Å². The second-order valence-corrected chi connectivity index (χ2v) is 20.2. The van der Waals surface area contributed by atoms with Crippen LogP contribution >= 0.6 is 11.3 Å². The maximum absolute atomic E-state index is 13.8. The summed E-state index contributed by atoms with van der Waals surface area (Å²) in [5, 5.41) is 15.4. The van der Waals surface area contributed by atoms with Crippen molar-refractivity contribution < 1.29 is 19.1 Å². The number of nitroso groups, excluding NO2 is 1. The molecule has 5 atom stereocenters. The van der Waals surface area contributed by atoms with Crippen molar-refractivity contribution in [2.75, 3.05) is 0 Å². The highest BCUT2D eigenvalue weighted by atomic mass is 32.1. The highest BCUT2D eigenvalue weighted by Crippen LogP contribution is 2.41. The predicted molar refractivity (Wildman–Crippen MR) is 182 cm³/mol. The van der Waals surface area contributed by atoms with Crippen LogP contribution in [0.25, 0.3) is 6.08 Å². The van der Waals surface area contributed by atoms with E-state index in [9.17, 15) is 19.6 Å². The fourth-order valence-electron chi connectivity index (χ4n) is 4.99. The van der Waals surface area contributed by atoms with E-state index in [-0.39, 0.29) is 28.9 Å². The molecule has 0 amide bonds. The van der Waals surface area contributed by atoms with Crippen LogP contribution in [0.5, 0.6) is 0 Å². The third-order valence-corrected chi connectivity index (χ3v) is 14.5. The van der Waals surface area contributed by atoms with Gasteiger partial charge in [0.25, 0.3) is 0 Å². The molecule has 0 aromatic carbocycles. The van der Waals surface area contributed by atoms with Crippen molar-refractivity contribution in [2.45, 2.75) is 138 Å². The molecule has 0 bridgehead atoms. The number of carbonyl (C=O) groups is 2. The van der Waals surface area contributed by atoms with Crippen LogP contribution in [0.4, 0.5) is 0 Å². The molecule has 1 rings (SSSR count). The van der Waals surface area contributed by atoms with E-state index < -0.39 is 38.1 Å². The van der Waals surface area contributed by atoms with E-state index in [0.717, 1.165) is 42.0 Å². The third-order valence-electron chi connectivity index (χ3n) is 9.22. The largest absolute Gasteiger partial charge is 0.481 e. The first kappa shape index (κ1) is 39.0. The standard InChI is InChI=1S/C33H57N3O5SSi/c1-21(16-17-27(34)23(3)18-26-20-42-25(5)35-26)14-13-15-22(2)30(41-43(11,12)32(6,7)8)24(4)31(39)33(9,10)28(36-40)19-29(37)38/h16,18,20,22,24,27-28,30H,13-15,17,19,34H2,1-12H3,(H,37,38)/b21-16-,23-18+/t22?,24?,27-,28?,30-/m0/s1. The van der Waals surface area contributed by atoms with E-state index in [2.05, 4.69) is 70.0 Å². The Hall–Kier alpha value is -2.01. The van der Waals surface area contributed by atoms with Gasteiger partial charge >= 0.3 is 5.97 Å². The fourth-order valence-corrected chi connectivity index (χ4v) is 7.03. The number of aryl methyl sites for hydroxylation is 1. The molecule has 1 heterocycles. The van der Waals surface area contributed by atoms with Crippen LogP contribution in [0.15, 0.2) is 27.8 Å². The number of carboxylic acid groups (broad SMARTS) is 1. The molecule has 0 saturated heterocycles. The van der Waals surface area contributed by atoms with Gasteiger partial charge in [0.2, 0.25) is 0 Å².